The molecule has 3 aromatic rings. The highest BCUT2D eigenvalue weighted by Gasteiger charge is 2.23. The van der Waals surface area contributed by atoms with E-state index < -0.39 is 10.0 Å². The van der Waals surface area contributed by atoms with Gasteiger partial charge >= 0.3 is 0 Å². The molecular weight excluding hydrogens is 424 g/mol. The molecule has 2 aromatic carbocycles. The van der Waals surface area contributed by atoms with E-state index in [2.05, 4.69) is 4.72 Å². The molecule has 0 bridgehead atoms. The highest BCUT2D eigenvalue weighted by atomic mass is 32.2. The predicted octanol–water partition coefficient (Wildman–Crippen LogP) is 3.96. The van der Waals surface area contributed by atoms with Crippen LogP contribution in [0.25, 0.3) is 10.1 Å². The second kappa shape index (κ2) is 8.16. The van der Waals surface area contributed by atoms with E-state index in [9.17, 15) is 13.2 Å². The molecule has 0 unspecified atom stereocenters. The van der Waals surface area contributed by atoms with Gasteiger partial charge in [-0.1, -0.05) is 0 Å². The predicted molar refractivity (Wildman–Crippen MR) is 117 cm³/mol. The summed E-state index contributed by atoms with van der Waals surface area (Å²) < 4.78 is 39.8. The number of hydrogen-bond donors (Lipinski definition) is 1. The molecule has 1 N–H and O–H groups in total. The molecule has 1 aromatic heterocycles. The fourth-order valence-corrected chi connectivity index (χ4v) is 5.74. The van der Waals surface area contributed by atoms with Gasteiger partial charge in [-0.2, -0.15) is 0 Å². The minimum atomic E-state index is -3.91. The number of nitrogens with zero attached hydrogens (tertiary/aromatic N) is 1. The zero-order valence-corrected chi connectivity index (χ0v) is 18.3. The molecule has 4 rings (SSSR count). The van der Waals surface area contributed by atoms with Crippen molar-refractivity contribution in [2.75, 3.05) is 32.0 Å². The molecular formula is C21H22N2O5S2. The van der Waals surface area contributed by atoms with Crippen molar-refractivity contribution in [2.24, 2.45) is 0 Å². The first kappa shape index (κ1) is 20.5. The molecule has 0 spiro atoms. The Balaban J connectivity index is 1.63. The Hall–Kier alpha value is -2.78. The summed E-state index contributed by atoms with van der Waals surface area (Å²) in [6.45, 7) is 1.58. The van der Waals surface area contributed by atoms with Gasteiger partial charge in [-0.3, -0.25) is 9.52 Å². The lowest BCUT2D eigenvalue weighted by Gasteiger charge is -2.13. The second-order valence-corrected chi connectivity index (χ2v) is 9.72. The molecule has 30 heavy (non-hydrogen) atoms. The zero-order chi connectivity index (χ0) is 21.3. The highest BCUT2D eigenvalue weighted by Crippen LogP contribution is 2.33. The third-order valence-electron chi connectivity index (χ3n) is 5.03. The Kier molecular flexibility index (Phi) is 5.57. The minimum Gasteiger partial charge on any atom is -0.497 e. The molecule has 1 aliphatic rings. The molecule has 0 radical (unpaired) electrons. The van der Waals surface area contributed by atoms with Crippen LogP contribution in [-0.2, 0) is 10.0 Å². The number of carbonyl (C=O) groups is 1. The van der Waals surface area contributed by atoms with Crippen LogP contribution in [-0.4, -0.2) is 46.5 Å². The summed E-state index contributed by atoms with van der Waals surface area (Å²) in [5.41, 5.74) is 0.408. The van der Waals surface area contributed by atoms with E-state index >= 15 is 0 Å². The fraction of sp³-hybridized carbons (Fsp3) is 0.286. The van der Waals surface area contributed by atoms with Gasteiger partial charge in [0.25, 0.3) is 15.9 Å². The van der Waals surface area contributed by atoms with Gasteiger partial charge in [0, 0.05) is 29.5 Å². The van der Waals surface area contributed by atoms with E-state index in [-0.39, 0.29) is 16.6 Å². The quantitative estimate of drug-likeness (QED) is 0.620. The van der Waals surface area contributed by atoms with Crippen molar-refractivity contribution in [3.05, 3.63) is 47.3 Å². The number of rotatable bonds is 6. The van der Waals surface area contributed by atoms with E-state index in [1.54, 1.807) is 24.3 Å². The van der Waals surface area contributed by atoms with E-state index in [4.69, 9.17) is 9.47 Å². The van der Waals surface area contributed by atoms with Crippen molar-refractivity contribution in [1.29, 1.82) is 0 Å². The van der Waals surface area contributed by atoms with Crippen LogP contribution in [0.3, 0.4) is 0 Å². The Labute approximate surface area is 179 Å². The summed E-state index contributed by atoms with van der Waals surface area (Å²) >= 11 is 1.42. The molecule has 7 nitrogen and oxygen atoms in total. The number of benzene rings is 2. The van der Waals surface area contributed by atoms with Crippen LogP contribution in [0, 0.1) is 0 Å². The average Bonchev–Trinajstić information content (AvgIpc) is 3.42. The maximum Gasteiger partial charge on any atom is 0.265 e. The van der Waals surface area contributed by atoms with Crippen LogP contribution in [0.15, 0.2) is 47.4 Å². The number of likely N-dealkylation sites (tertiary alicyclic amines) is 1. The van der Waals surface area contributed by atoms with E-state index in [0.29, 0.717) is 16.3 Å². The Morgan fingerprint density at radius 2 is 1.80 bits per heavy atom. The average molecular weight is 447 g/mol. The fourth-order valence-electron chi connectivity index (χ4n) is 3.49. The number of sulfonamides is 1. The van der Waals surface area contributed by atoms with Crippen molar-refractivity contribution in [3.8, 4) is 11.5 Å². The molecule has 2 heterocycles. The first-order chi connectivity index (χ1) is 14.4. The van der Waals surface area contributed by atoms with Gasteiger partial charge < -0.3 is 14.4 Å². The number of thiophene rings is 1. The highest BCUT2D eigenvalue weighted by molar-refractivity contribution is 7.92. The van der Waals surface area contributed by atoms with Crippen molar-refractivity contribution in [2.45, 2.75) is 17.7 Å². The molecule has 0 atom stereocenters. The van der Waals surface area contributed by atoms with E-state index in [1.165, 1.54) is 31.6 Å². The third kappa shape index (κ3) is 3.95. The summed E-state index contributed by atoms with van der Waals surface area (Å²) in [7, 11) is -1.02. The Morgan fingerprint density at radius 1 is 1.03 bits per heavy atom. The molecule has 9 heteroatoms. The Morgan fingerprint density at radius 3 is 2.50 bits per heavy atom. The van der Waals surface area contributed by atoms with Gasteiger partial charge in [0.2, 0.25) is 0 Å². The van der Waals surface area contributed by atoms with Gasteiger partial charge in [-0.15, -0.1) is 11.3 Å². The molecule has 0 aliphatic carbocycles. The Bertz CT molecular complexity index is 1200. The van der Waals surface area contributed by atoms with Crippen LogP contribution >= 0.6 is 11.3 Å². The number of nitrogens with one attached hydrogen (secondary N) is 1. The summed E-state index contributed by atoms with van der Waals surface area (Å²) in [6, 6.07) is 11.7. The molecule has 1 fully saturated rings. The first-order valence-electron chi connectivity index (χ1n) is 9.49. The zero-order valence-electron chi connectivity index (χ0n) is 16.7. The summed E-state index contributed by atoms with van der Waals surface area (Å²) in [4.78, 5) is 15.2. The molecule has 0 saturated carbocycles. The lowest BCUT2D eigenvalue weighted by atomic mass is 10.2. The van der Waals surface area contributed by atoms with Crippen molar-refractivity contribution in [3.63, 3.8) is 0 Å². The normalized spacial score (nSPS) is 14.1. The smallest absolute Gasteiger partial charge is 0.265 e. The van der Waals surface area contributed by atoms with Gasteiger partial charge in [0.1, 0.15) is 16.4 Å². The molecule has 1 amide bonds. The number of amides is 1. The van der Waals surface area contributed by atoms with Crippen LogP contribution in [0.5, 0.6) is 11.5 Å². The second-order valence-electron chi connectivity index (χ2n) is 6.98. The number of ether oxygens (including phenoxy) is 2. The lowest BCUT2D eigenvalue weighted by molar-refractivity contribution is 0.0797. The summed E-state index contributed by atoms with van der Waals surface area (Å²) in [5, 5.41) is 0.820. The van der Waals surface area contributed by atoms with Gasteiger partial charge in [0.15, 0.2) is 0 Å². The van der Waals surface area contributed by atoms with Crippen molar-refractivity contribution < 1.29 is 22.7 Å². The lowest BCUT2D eigenvalue weighted by Crippen LogP contribution is -2.26. The maximum atomic E-state index is 13.0. The van der Waals surface area contributed by atoms with E-state index in [0.717, 1.165) is 36.0 Å². The van der Waals surface area contributed by atoms with Gasteiger partial charge in [-0.25, -0.2) is 8.42 Å². The van der Waals surface area contributed by atoms with Crippen LogP contribution in [0.1, 0.15) is 22.5 Å². The van der Waals surface area contributed by atoms with Crippen molar-refractivity contribution >= 4 is 43.0 Å². The summed E-state index contributed by atoms with van der Waals surface area (Å²) in [6.07, 6.45) is 2.08. The molecule has 1 saturated heterocycles. The number of hydrogen-bond acceptors (Lipinski definition) is 6. The topological polar surface area (TPSA) is 84.9 Å². The summed E-state index contributed by atoms with van der Waals surface area (Å²) in [5.74, 6) is 0.671. The van der Waals surface area contributed by atoms with E-state index in [1.807, 2.05) is 17.0 Å². The van der Waals surface area contributed by atoms with Gasteiger partial charge in [-0.05, 0) is 54.6 Å². The SMILES string of the molecule is COc1ccc(OC)c(S(=O)(=O)Nc2ccc3sc(C(=O)N4CCCC4)cc3c2)c1. The first-order valence-corrected chi connectivity index (χ1v) is 11.8. The van der Waals surface area contributed by atoms with Crippen LogP contribution < -0.4 is 14.2 Å². The standard InChI is InChI=1S/C21H22N2O5S2/c1-27-16-6-7-17(28-2)20(13-16)30(25,26)22-15-5-8-18-14(11-15)12-19(29-18)21(24)23-9-3-4-10-23/h5-8,11-13,22H,3-4,9-10H2,1-2H3. The number of fused-ring (bicyclic) bond motifs is 1. The number of methoxy groups -OCH3 is 2. The number of anilines is 1. The molecule has 158 valence electrons. The monoisotopic (exact) mass is 446 g/mol. The third-order valence-corrected chi connectivity index (χ3v) is 7.54. The van der Waals surface area contributed by atoms with Gasteiger partial charge in [0.05, 0.1) is 19.1 Å². The maximum absolute atomic E-state index is 13.0. The minimum absolute atomic E-state index is 0.0142. The number of carbonyl (C=O) groups excluding carboxylic acids is 1. The van der Waals surface area contributed by atoms with Crippen molar-refractivity contribution in [1.82, 2.24) is 4.90 Å². The van der Waals surface area contributed by atoms with Crippen LogP contribution in [0.4, 0.5) is 5.69 Å². The molecule has 1 aliphatic heterocycles. The largest absolute Gasteiger partial charge is 0.497 e. The van der Waals surface area contributed by atoms with Crippen LogP contribution in [0.2, 0.25) is 0 Å².